The Balaban J connectivity index is 1.88. The molecule has 1 saturated heterocycles. The van der Waals surface area contributed by atoms with Gasteiger partial charge in [0.1, 0.15) is 6.54 Å². The summed E-state index contributed by atoms with van der Waals surface area (Å²) in [6, 6.07) is 0.339. The first-order valence-corrected chi connectivity index (χ1v) is 4.58. The number of likely N-dealkylation sites (N-methyl/N-ethyl adjacent to an activating group) is 1. The topological polar surface area (TPSA) is 63.1 Å². The number of aromatic nitrogens is 3. The van der Waals surface area contributed by atoms with Crippen LogP contribution >= 0.6 is 0 Å². The van der Waals surface area contributed by atoms with E-state index in [1.807, 2.05) is 7.05 Å². The van der Waals surface area contributed by atoms with E-state index in [0.717, 1.165) is 13.1 Å². The monoisotopic (exact) mass is 195 g/mol. The third kappa shape index (κ3) is 1.74. The van der Waals surface area contributed by atoms with Crippen LogP contribution in [0.3, 0.4) is 0 Å². The van der Waals surface area contributed by atoms with Crippen LogP contribution in [0.2, 0.25) is 0 Å². The fourth-order valence-corrected chi connectivity index (χ4v) is 1.32. The first kappa shape index (κ1) is 9.14. The van der Waals surface area contributed by atoms with Gasteiger partial charge < -0.3 is 10.2 Å². The minimum atomic E-state index is 0.0713. The van der Waals surface area contributed by atoms with E-state index >= 15 is 0 Å². The first-order valence-electron chi connectivity index (χ1n) is 4.58. The molecule has 0 bridgehead atoms. The van der Waals surface area contributed by atoms with Crippen LogP contribution in [0.25, 0.3) is 0 Å². The number of rotatable bonds is 3. The zero-order valence-electron chi connectivity index (χ0n) is 8.05. The summed E-state index contributed by atoms with van der Waals surface area (Å²) in [6.07, 6.45) is 3.25. The Morgan fingerprint density at radius 2 is 2.50 bits per heavy atom. The number of nitrogens with zero attached hydrogens (tertiary/aromatic N) is 4. The summed E-state index contributed by atoms with van der Waals surface area (Å²) >= 11 is 0. The van der Waals surface area contributed by atoms with E-state index in [9.17, 15) is 4.79 Å². The number of hydrogen-bond acceptors (Lipinski definition) is 4. The zero-order chi connectivity index (χ0) is 9.97. The molecule has 0 radical (unpaired) electrons. The van der Waals surface area contributed by atoms with Gasteiger partial charge >= 0.3 is 0 Å². The van der Waals surface area contributed by atoms with E-state index in [-0.39, 0.29) is 12.5 Å². The SMILES string of the molecule is CN(C(=O)Cn1ccnn1)C1CNC1. The van der Waals surface area contributed by atoms with Gasteiger partial charge in [0.05, 0.1) is 12.2 Å². The largest absolute Gasteiger partial charge is 0.339 e. The Morgan fingerprint density at radius 1 is 1.71 bits per heavy atom. The minimum Gasteiger partial charge on any atom is -0.339 e. The maximum atomic E-state index is 11.7. The van der Waals surface area contributed by atoms with Gasteiger partial charge in [0.25, 0.3) is 0 Å². The molecule has 1 amide bonds. The lowest BCUT2D eigenvalue weighted by Gasteiger charge is -2.35. The van der Waals surface area contributed by atoms with Crippen LogP contribution in [0.1, 0.15) is 0 Å². The average molecular weight is 195 g/mol. The number of carbonyl (C=O) groups excluding carboxylic acids is 1. The van der Waals surface area contributed by atoms with Crippen LogP contribution in [-0.4, -0.2) is 52.0 Å². The summed E-state index contributed by atoms with van der Waals surface area (Å²) in [5.74, 6) is 0.0713. The summed E-state index contributed by atoms with van der Waals surface area (Å²) in [7, 11) is 1.82. The molecule has 2 rings (SSSR count). The molecule has 14 heavy (non-hydrogen) atoms. The molecule has 0 aliphatic carbocycles. The van der Waals surface area contributed by atoms with E-state index < -0.39 is 0 Å². The van der Waals surface area contributed by atoms with Crippen molar-refractivity contribution in [2.75, 3.05) is 20.1 Å². The molecule has 1 aliphatic heterocycles. The van der Waals surface area contributed by atoms with Crippen molar-refractivity contribution in [3.05, 3.63) is 12.4 Å². The standard InChI is InChI=1S/C8H13N5O/c1-12(7-4-9-5-7)8(14)6-13-3-2-10-11-13/h2-3,7,9H,4-6H2,1H3. The lowest BCUT2D eigenvalue weighted by molar-refractivity contribution is -0.133. The second kappa shape index (κ2) is 3.75. The van der Waals surface area contributed by atoms with E-state index in [4.69, 9.17) is 0 Å². The molecular formula is C8H13N5O. The maximum absolute atomic E-state index is 11.7. The molecule has 1 fully saturated rings. The molecule has 6 heteroatoms. The maximum Gasteiger partial charge on any atom is 0.244 e. The minimum absolute atomic E-state index is 0.0713. The predicted molar refractivity (Wildman–Crippen MR) is 49.4 cm³/mol. The van der Waals surface area contributed by atoms with Crippen molar-refractivity contribution in [1.82, 2.24) is 25.2 Å². The highest BCUT2D eigenvalue weighted by molar-refractivity contribution is 5.76. The fraction of sp³-hybridized carbons (Fsp3) is 0.625. The molecule has 0 atom stereocenters. The third-order valence-electron chi connectivity index (χ3n) is 2.47. The van der Waals surface area contributed by atoms with Crippen molar-refractivity contribution in [2.24, 2.45) is 0 Å². The van der Waals surface area contributed by atoms with Crippen LogP contribution < -0.4 is 5.32 Å². The highest BCUT2D eigenvalue weighted by atomic mass is 16.2. The number of carbonyl (C=O) groups is 1. The molecule has 1 aliphatic rings. The van der Waals surface area contributed by atoms with Gasteiger partial charge in [-0.15, -0.1) is 5.10 Å². The van der Waals surface area contributed by atoms with Gasteiger partial charge in [-0.1, -0.05) is 5.21 Å². The van der Waals surface area contributed by atoms with E-state index in [0.29, 0.717) is 6.04 Å². The zero-order valence-corrected chi connectivity index (χ0v) is 8.05. The van der Waals surface area contributed by atoms with Crippen LogP contribution in [0.15, 0.2) is 12.4 Å². The highest BCUT2D eigenvalue weighted by Gasteiger charge is 2.25. The lowest BCUT2D eigenvalue weighted by atomic mass is 10.1. The molecule has 0 saturated carbocycles. The van der Waals surface area contributed by atoms with Gasteiger partial charge in [0.2, 0.25) is 5.91 Å². The Morgan fingerprint density at radius 3 is 3.00 bits per heavy atom. The van der Waals surface area contributed by atoms with Crippen molar-refractivity contribution < 1.29 is 4.79 Å². The van der Waals surface area contributed by atoms with Gasteiger partial charge in [-0.25, -0.2) is 4.68 Å². The van der Waals surface area contributed by atoms with E-state index in [1.54, 1.807) is 17.3 Å². The van der Waals surface area contributed by atoms with Gasteiger partial charge in [0, 0.05) is 26.3 Å². The van der Waals surface area contributed by atoms with Crippen molar-refractivity contribution in [3.63, 3.8) is 0 Å². The molecule has 2 heterocycles. The molecule has 1 aromatic heterocycles. The summed E-state index contributed by atoms with van der Waals surface area (Å²) in [5, 5.41) is 10.5. The Kier molecular flexibility index (Phi) is 2.45. The molecule has 1 N–H and O–H groups in total. The van der Waals surface area contributed by atoms with Gasteiger partial charge in [0.15, 0.2) is 0 Å². The molecule has 1 aromatic rings. The summed E-state index contributed by atoms with van der Waals surface area (Å²) < 4.78 is 1.53. The molecular weight excluding hydrogens is 182 g/mol. The number of nitrogens with one attached hydrogen (secondary N) is 1. The van der Waals surface area contributed by atoms with Crippen LogP contribution in [0.5, 0.6) is 0 Å². The Bertz CT molecular complexity index is 306. The average Bonchev–Trinajstić information content (AvgIpc) is 2.53. The van der Waals surface area contributed by atoms with Crippen LogP contribution in [0.4, 0.5) is 0 Å². The smallest absolute Gasteiger partial charge is 0.244 e. The van der Waals surface area contributed by atoms with Gasteiger partial charge in [-0.2, -0.15) is 0 Å². The molecule has 6 nitrogen and oxygen atoms in total. The second-order valence-corrected chi connectivity index (χ2v) is 3.42. The summed E-state index contributed by atoms with van der Waals surface area (Å²) in [6.45, 7) is 2.05. The highest BCUT2D eigenvalue weighted by Crippen LogP contribution is 2.02. The van der Waals surface area contributed by atoms with Crippen molar-refractivity contribution >= 4 is 5.91 Å². The Hall–Kier alpha value is -1.43. The van der Waals surface area contributed by atoms with Gasteiger partial charge in [-0.3, -0.25) is 4.79 Å². The summed E-state index contributed by atoms with van der Waals surface area (Å²) in [4.78, 5) is 13.4. The second-order valence-electron chi connectivity index (χ2n) is 3.42. The van der Waals surface area contributed by atoms with E-state index in [2.05, 4.69) is 15.6 Å². The number of amides is 1. The molecule has 0 unspecified atom stereocenters. The van der Waals surface area contributed by atoms with Gasteiger partial charge in [-0.05, 0) is 0 Å². The predicted octanol–water partition coefficient (Wildman–Crippen LogP) is -1.29. The fourth-order valence-electron chi connectivity index (χ4n) is 1.32. The number of hydrogen-bond donors (Lipinski definition) is 1. The summed E-state index contributed by atoms with van der Waals surface area (Å²) in [5.41, 5.74) is 0. The van der Waals surface area contributed by atoms with Crippen molar-refractivity contribution in [1.29, 1.82) is 0 Å². The lowest BCUT2D eigenvalue weighted by Crippen LogP contribution is -2.57. The Labute approximate surface area is 81.9 Å². The normalized spacial score (nSPS) is 16.4. The van der Waals surface area contributed by atoms with Crippen LogP contribution in [0, 0.1) is 0 Å². The van der Waals surface area contributed by atoms with E-state index in [1.165, 1.54) is 4.68 Å². The third-order valence-corrected chi connectivity index (χ3v) is 2.47. The van der Waals surface area contributed by atoms with Crippen molar-refractivity contribution in [3.8, 4) is 0 Å². The quantitative estimate of drug-likeness (QED) is 0.651. The van der Waals surface area contributed by atoms with Crippen LogP contribution in [-0.2, 0) is 11.3 Å². The molecule has 0 aromatic carbocycles. The first-order chi connectivity index (χ1) is 6.77. The van der Waals surface area contributed by atoms with Crippen molar-refractivity contribution in [2.45, 2.75) is 12.6 Å². The molecule has 0 spiro atoms. The molecule has 76 valence electrons.